The van der Waals surface area contributed by atoms with E-state index in [0.717, 1.165) is 45.8 Å². The molecule has 0 aromatic rings. The molecule has 0 aromatic carbocycles. The third-order valence-corrected chi connectivity index (χ3v) is 3.23. The number of guanidine groups is 1. The highest BCUT2D eigenvalue weighted by Gasteiger charge is 2.16. The summed E-state index contributed by atoms with van der Waals surface area (Å²) in [6.45, 7) is 13.0. The zero-order chi connectivity index (χ0) is 14.8. The highest BCUT2D eigenvalue weighted by atomic mass is 127. The highest BCUT2D eigenvalue weighted by molar-refractivity contribution is 14.0. The van der Waals surface area contributed by atoms with E-state index in [1.54, 1.807) is 0 Å². The Morgan fingerprint density at radius 2 is 2.05 bits per heavy atom. The van der Waals surface area contributed by atoms with E-state index in [4.69, 9.17) is 15.2 Å². The van der Waals surface area contributed by atoms with Crippen molar-refractivity contribution in [2.75, 3.05) is 52.5 Å². The van der Waals surface area contributed by atoms with Crippen molar-refractivity contribution < 1.29 is 9.47 Å². The second-order valence-corrected chi connectivity index (χ2v) is 5.63. The first-order valence-corrected chi connectivity index (χ1v) is 7.51. The molecule has 0 radical (unpaired) electrons. The van der Waals surface area contributed by atoms with Gasteiger partial charge in [-0.3, -0.25) is 9.89 Å². The molecule has 126 valence electrons. The van der Waals surface area contributed by atoms with Crippen molar-refractivity contribution >= 4 is 29.9 Å². The molecule has 0 atom stereocenters. The van der Waals surface area contributed by atoms with E-state index in [2.05, 4.69) is 15.2 Å². The quantitative estimate of drug-likeness (QED) is 0.269. The molecule has 0 aromatic heterocycles. The maximum Gasteiger partial charge on any atom is 0.188 e. The highest BCUT2D eigenvalue weighted by Crippen LogP contribution is 2.08. The lowest BCUT2D eigenvalue weighted by atomic mass is 10.1. The van der Waals surface area contributed by atoms with Gasteiger partial charge in [0.15, 0.2) is 5.96 Å². The second kappa shape index (κ2) is 11.4. The number of nitrogens with one attached hydrogen (secondary N) is 1. The number of rotatable bonds is 8. The molecule has 0 spiro atoms. The van der Waals surface area contributed by atoms with Crippen LogP contribution in [-0.2, 0) is 9.47 Å². The summed E-state index contributed by atoms with van der Waals surface area (Å²) in [7, 11) is 0. The summed E-state index contributed by atoms with van der Waals surface area (Å²) in [5, 5.41) is 3.15. The summed E-state index contributed by atoms with van der Waals surface area (Å²) >= 11 is 0. The van der Waals surface area contributed by atoms with E-state index in [0.29, 0.717) is 19.1 Å². The van der Waals surface area contributed by atoms with Gasteiger partial charge in [0.2, 0.25) is 0 Å². The van der Waals surface area contributed by atoms with Crippen LogP contribution in [0.15, 0.2) is 4.99 Å². The fourth-order valence-electron chi connectivity index (χ4n) is 2.11. The number of morpholine rings is 1. The maximum atomic E-state index is 5.85. The Bertz CT molecular complexity index is 295. The van der Waals surface area contributed by atoms with E-state index in [-0.39, 0.29) is 29.6 Å². The van der Waals surface area contributed by atoms with Gasteiger partial charge in [0.05, 0.1) is 25.4 Å². The summed E-state index contributed by atoms with van der Waals surface area (Å²) in [6.07, 6.45) is 1.06. The van der Waals surface area contributed by atoms with Crippen LogP contribution in [0.4, 0.5) is 0 Å². The number of nitrogens with zero attached hydrogens (tertiary/aromatic N) is 2. The summed E-state index contributed by atoms with van der Waals surface area (Å²) < 4.78 is 10.9. The summed E-state index contributed by atoms with van der Waals surface area (Å²) in [5.74, 6) is 0.500. The number of ether oxygens (including phenoxy) is 2. The van der Waals surface area contributed by atoms with Crippen molar-refractivity contribution in [3.8, 4) is 0 Å². The SMILES string of the molecule is CCOC(C)(C)CN=C(N)NCCCN1CCOCC1.I. The molecule has 3 N–H and O–H groups in total. The molecule has 1 heterocycles. The number of hydrogen-bond donors (Lipinski definition) is 2. The van der Waals surface area contributed by atoms with Gasteiger partial charge in [0, 0.05) is 26.2 Å². The molecule has 1 aliphatic heterocycles. The molecule has 1 rings (SSSR count). The molecule has 21 heavy (non-hydrogen) atoms. The van der Waals surface area contributed by atoms with Gasteiger partial charge in [0.25, 0.3) is 0 Å². The molecular formula is C14H31IN4O2. The maximum absolute atomic E-state index is 5.85. The molecule has 6 nitrogen and oxygen atoms in total. The van der Waals surface area contributed by atoms with E-state index in [9.17, 15) is 0 Å². The molecule has 0 aliphatic carbocycles. The normalized spacial score (nSPS) is 17.4. The Hall–Kier alpha value is -0.120. The van der Waals surface area contributed by atoms with Crippen LogP contribution in [0.3, 0.4) is 0 Å². The Balaban J connectivity index is 0.00000400. The van der Waals surface area contributed by atoms with Crippen molar-refractivity contribution in [1.29, 1.82) is 0 Å². The average Bonchev–Trinajstić information content (AvgIpc) is 2.43. The lowest BCUT2D eigenvalue weighted by Gasteiger charge is -2.26. The van der Waals surface area contributed by atoms with E-state index in [1.165, 1.54) is 0 Å². The van der Waals surface area contributed by atoms with Gasteiger partial charge in [-0.05, 0) is 33.7 Å². The van der Waals surface area contributed by atoms with Crippen LogP contribution in [0.25, 0.3) is 0 Å². The standard InChI is InChI=1S/C14H30N4O2.HI/c1-4-20-14(2,3)12-17-13(15)16-6-5-7-18-8-10-19-11-9-18;/h4-12H2,1-3H3,(H3,15,16,17);1H. The third-order valence-electron chi connectivity index (χ3n) is 3.23. The van der Waals surface area contributed by atoms with Crippen molar-refractivity contribution in [2.45, 2.75) is 32.8 Å². The van der Waals surface area contributed by atoms with Gasteiger partial charge in [0.1, 0.15) is 0 Å². The van der Waals surface area contributed by atoms with Crippen LogP contribution in [0.2, 0.25) is 0 Å². The Kier molecular flexibility index (Phi) is 11.4. The third kappa shape index (κ3) is 10.3. The fourth-order valence-corrected chi connectivity index (χ4v) is 2.11. The van der Waals surface area contributed by atoms with Crippen LogP contribution in [0, 0.1) is 0 Å². The van der Waals surface area contributed by atoms with Gasteiger partial charge in [-0.25, -0.2) is 0 Å². The lowest BCUT2D eigenvalue weighted by molar-refractivity contribution is -0.00215. The lowest BCUT2D eigenvalue weighted by Crippen LogP contribution is -2.39. The number of halogens is 1. The van der Waals surface area contributed by atoms with Crippen LogP contribution in [0.5, 0.6) is 0 Å². The van der Waals surface area contributed by atoms with E-state index < -0.39 is 0 Å². The van der Waals surface area contributed by atoms with Gasteiger partial charge >= 0.3 is 0 Å². The van der Waals surface area contributed by atoms with Gasteiger partial charge < -0.3 is 20.5 Å². The molecule has 0 bridgehead atoms. The minimum atomic E-state index is -0.255. The molecule has 7 heteroatoms. The Morgan fingerprint density at radius 3 is 2.67 bits per heavy atom. The molecular weight excluding hydrogens is 383 g/mol. The number of aliphatic imine (C=N–C) groups is 1. The van der Waals surface area contributed by atoms with E-state index >= 15 is 0 Å². The van der Waals surface area contributed by atoms with Gasteiger partial charge in [-0.1, -0.05) is 0 Å². The molecule has 0 unspecified atom stereocenters. The van der Waals surface area contributed by atoms with E-state index in [1.807, 2.05) is 20.8 Å². The van der Waals surface area contributed by atoms with Crippen LogP contribution < -0.4 is 11.1 Å². The van der Waals surface area contributed by atoms with Crippen molar-refractivity contribution in [3.05, 3.63) is 0 Å². The Morgan fingerprint density at radius 1 is 1.38 bits per heavy atom. The van der Waals surface area contributed by atoms with Crippen LogP contribution in [0.1, 0.15) is 27.2 Å². The summed E-state index contributed by atoms with van der Waals surface area (Å²) in [5.41, 5.74) is 5.59. The van der Waals surface area contributed by atoms with Crippen LogP contribution in [-0.4, -0.2) is 69.0 Å². The monoisotopic (exact) mass is 414 g/mol. The molecule has 0 amide bonds. The number of hydrogen-bond acceptors (Lipinski definition) is 4. The topological polar surface area (TPSA) is 72.1 Å². The Labute approximate surface area is 145 Å². The number of nitrogens with two attached hydrogens (primary N) is 1. The minimum Gasteiger partial charge on any atom is -0.379 e. The first-order chi connectivity index (χ1) is 9.53. The van der Waals surface area contributed by atoms with Gasteiger partial charge in [-0.2, -0.15) is 0 Å². The second-order valence-electron chi connectivity index (χ2n) is 5.63. The predicted octanol–water partition coefficient (Wildman–Crippen LogP) is 1.05. The first-order valence-electron chi connectivity index (χ1n) is 7.51. The summed E-state index contributed by atoms with van der Waals surface area (Å²) in [4.78, 5) is 6.74. The zero-order valence-corrected chi connectivity index (χ0v) is 15.9. The zero-order valence-electron chi connectivity index (χ0n) is 13.6. The molecule has 1 saturated heterocycles. The largest absolute Gasteiger partial charge is 0.379 e. The average molecular weight is 414 g/mol. The minimum absolute atomic E-state index is 0. The van der Waals surface area contributed by atoms with Crippen molar-refractivity contribution in [1.82, 2.24) is 10.2 Å². The summed E-state index contributed by atoms with van der Waals surface area (Å²) in [6, 6.07) is 0. The first kappa shape index (κ1) is 20.9. The smallest absolute Gasteiger partial charge is 0.188 e. The fraction of sp³-hybridized carbons (Fsp3) is 0.929. The van der Waals surface area contributed by atoms with Crippen molar-refractivity contribution in [2.24, 2.45) is 10.7 Å². The van der Waals surface area contributed by atoms with Crippen molar-refractivity contribution in [3.63, 3.8) is 0 Å². The molecule has 0 saturated carbocycles. The molecule has 1 aliphatic rings. The van der Waals surface area contributed by atoms with Gasteiger partial charge in [-0.15, -0.1) is 24.0 Å². The molecule has 1 fully saturated rings. The van der Waals surface area contributed by atoms with Crippen LogP contribution >= 0.6 is 24.0 Å². The predicted molar refractivity (Wildman–Crippen MR) is 97.5 cm³/mol.